The zero-order valence-corrected chi connectivity index (χ0v) is 15.8. The summed E-state index contributed by atoms with van der Waals surface area (Å²) in [4.78, 5) is 27.4. The second-order valence-corrected chi connectivity index (χ2v) is 6.37. The maximum Gasteiger partial charge on any atom is 0.303 e. The molecule has 1 heterocycles. The van der Waals surface area contributed by atoms with Crippen molar-refractivity contribution in [1.29, 1.82) is 0 Å². The van der Waals surface area contributed by atoms with E-state index in [0.717, 1.165) is 5.56 Å². The fourth-order valence-corrected chi connectivity index (χ4v) is 2.94. The second kappa shape index (κ2) is 9.09. The van der Waals surface area contributed by atoms with Crippen LogP contribution in [0.15, 0.2) is 52.3 Å². The average Bonchev–Trinajstić information content (AvgIpc) is 2.69. The van der Waals surface area contributed by atoms with Crippen LogP contribution < -0.4 is 5.56 Å². The number of benzene rings is 2. The number of nitrogens with one attached hydrogen (secondary N) is 1. The zero-order valence-electron chi connectivity index (χ0n) is 15.8. The highest BCUT2D eigenvalue weighted by molar-refractivity contribution is 5.88. The first-order valence-corrected chi connectivity index (χ1v) is 9.14. The monoisotopic (exact) mass is 397 g/mol. The maximum absolute atomic E-state index is 13.5. The highest BCUT2D eigenvalue weighted by atomic mass is 19.1. The van der Waals surface area contributed by atoms with E-state index < -0.39 is 5.97 Å². The van der Waals surface area contributed by atoms with Gasteiger partial charge in [0.25, 0.3) is 5.56 Å². The minimum atomic E-state index is -0.944. The van der Waals surface area contributed by atoms with Crippen molar-refractivity contribution in [3.05, 3.63) is 69.9 Å². The molecule has 3 rings (SSSR count). The van der Waals surface area contributed by atoms with Gasteiger partial charge in [0, 0.05) is 18.2 Å². The van der Waals surface area contributed by atoms with Crippen LogP contribution in [0.25, 0.3) is 10.8 Å². The largest absolute Gasteiger partial charge is 0.481 e. The number of hydrogen-bond donors (Lipinski definition) is 2. The van der Waals surface area contributed by atoms with E-state index >= 15 is 0 Å². The third kappa shape index (κ3) is 5.25. The number of carboxylic acids is 1. The molecular weight excluding hydrogens is 377 g/mol. The molecule has 29 heavy (non-hydrogen) atoms. The number of carboxylic acid groups (broad SMARTS) is 1. The van der Waals surface area contributed by atoms with Crippen LogP contribution in [-0.4, -0.2) is 33.8 Å². The number of carbonyl (C=O) groups is 1. The van der Waals surface area contributed by atoms with Gasteiger partial charge in [0.05, 0.1) is 29.8 Å². The number of fused-ring (bicyclic) bond motifs is 1. The average molecular weight is 397 g/mol. The minimum Gasteiger partial charge on any atom is -0.481 e. The molecule has 1 aromatic heterocycles. The number of aliphatic carboxylic acids is 1. The fraction of sp³-hybridized carbons (Fsp3) is 0.238. The summed E-state index contributed by atoms with van der Waals surface area (Å²) < 4.78 is 18.9. The Kier molecular flexibility index (Phi) is 6.33. The van der Waals surface area contributed by atoms with Gasteiger partial charge in [-0.1, -0.05) is 18.2 Å². The van der Waals surface area contributed by atoms with Gasteiger partial charge >= 0.3 is 5.97 Å². The minimum absolute atomic E-state index is 0.102. The van der Waals surface area contributed by atoms with Crippen LogP contribution in [0.4, 0.5) is 10.1 Å². The molecule has 150 valence electrons. The quantitative estimate of drug-likeness (QED) is 0.468. The molecule has 2 aromatic carbocycles. The van der Waals surface area contributed by atoms with Crippen molar-refractivity contribution in [2.45, 2.75) is 26.2 Å². The van der Waals surface area contributed by atoms with Gasteiger partial charge in [-0.3, -0.25) is 9.59 Å². The zero-order chi connectivity index (χ0) is 20.8. The van der Waals surface area contributed by atoms with Crippen LogP contribution >= 0.6 is 0 Å². The summed E-state index contributed by atoms with van der Waals surface area (Å²) in [5.41, 5.74) is 1.44. The molecule has 0 fully saturated rings. The van der Waals surface area contributed by atoms with Gasteiger partial charge in [0.15, 0.2) is 5.90 Å². The highest BCUT2D eigenvalue weighted by Gasteiger charge is 2.10. The Morgan fingerprint density at radius 3 is 2.76 bits per heavy atom. The Balaban J connectivity index is 1.97. The van der Waals surface area contributed by atoms with Crippen molar-refractivity contribution in [2.24, 2.45) is 4.99 Å². The first-order valence-electron chi connectivity index (χ1n) is 9.14. The number of hydrogen-bond acceptors (Lipinski definition) is 5. The van der Waals surface area contributed by atoms with Crippen LogP contribution in [-0.2, 0) is 16.0 Å². The molecule has 0 unspecified atom stereocenters. The van der Waals surface area contributed by atoms with Gasteiger partial charge in [0.2, 0.25) is 0 Å². The van der Waals surface area contributed by atoms with Crippen molar-refractivity contribution in [2.75, 3.05) is 6.61 Å². The SMILES string of the molecule is CCOC(CCC(=O)O)=Nc1ccc2c(Cc3cccc(F)c3)n[nH]c(=O)c2c1. The normalized spacial score (nSPS) is 11.6. The third-order valence-corrected chi connectivity index (χ3v) is 4.23. The molecule has 0 aliphatic rings. The van der Waals surface area contributed by atoms with Crippen molar-refractivity contribution >= 4 is 28.3 Å². The lowest BCUT2D eigenvalue weighted by atomic mass is 10.0. The summed E-state index contributed by atoms with van der Waals surface area (Å²) in [6.07, 6.45) is 0.407. The molecule has 0 amide bonds. The Hall–Kier alpha value is -3.55. The van der Waals surface area contributed by atoms with E-state index in [4.69, 9.17) is 9.84 Å². The Morgan fingerprint density at radius 1 is 1.21 bits per heavy atom. The molecule has 2 N–H and O–H groups in total. The Labute approximate surface area is 165 Å². The number of nitrogens with zero attached hydrogens (tertiary/aromatic N) is 2. The third-order valence-electron chi connectivity index (χ3n) is 4.23. The second-order valence-electron chi connectivity index (χ2n) is 6.37. The lowest BCUT2D eigenvalue weighted by Gasteiger charge is -2.08. The van der Waals surface area contributed by atoms with Crippen molar-refractivity contribution < 1.29 is 19.0 Å². The summed E-state index contributed by atoms with van der Waals surface area (Å²) in [6.45, 7) is 2.14. The van der Waals surface area contributed by atoms with Crippen LogP contribution in [0.5, 0.6) is 0 Å². The maximum atomic E-state index is 13.5. The number of ether oxygens (including phenoxy) is 1. The molecule has 0 atom stereocenters. The topological polar surface area (TPSA) is 105 Å². The number of aliphatic imine (C=N–C) groups is 1. The van der Waals surface area contributed by atoms with Crippen LogP contribution in [0, 0.1) is 5.82 Å². The molecule has 0 saturated heterocycles. The van der Waals surface area contributed by atoms with E-state index in [-0.39, 0.29) is 24.2 Å². The summed E-state index contributed by atoms with van der Waals surface area (Å²) in [5, 5.41) is 16.5. The van der Waals surface area contributed by atoms with E-state index in [0.29, 0.717) is 41.1 Å². The number of H-pyrrole nitrogens is 1. The summed E-state index contributed by atoms with van der Waals surface area (Å²) >= 11 is 0. The molecule has 0 spiro atoms. The molecular formula is C21H20FN3O4. The van der Waals surface area contributed by atoms with Gasteiger partial charge in [-0.15, -0.1) is 0 Å². The lowest BCUT2D eigenvalue weighted by Crippen LogP contribution is -2.11. The molecule has 3 aromatic rings. The predicted octanol–water partition coefficient (Wildman–Crippen LogP) is 3.58. The molecule has 7 nitrogen and oxygen atoms in total. The molecule has 0 saturated carbocycles. The van der Waals surface area contributed by atoms with Crippen LogP contribution in [0.2, 0.25) is 0 Å². The number of rotatable bonds is 7. The van der Waals surface area contributed by atoms with Gasteiger partial charge in [0.1, 0.15) is 5.82 Å². The Morgan fingerprint density at radius 2 is 2.03 bits per heavy atom. The first-order chi connectivity index (χ1) is 14.0. The standard InChI is InChI=1S/C21H20FN3O4/c1-2-29-19(8-9-20(26)27)23-15-6-7-16-17(12-15)21(28)25-24-18(16)11-13-4-3-5-14(22)10-13/h3-7,10,12H,2,8-9,11H2,1H3,(H,25,28)(H,26,27). The lowest BCUT2D eigenvalue weighted by molar-refractivity contribution is -0.136. The summed E-state index contributed by atoms with van der Waals surface area (Å²) in [5.74, 6) is -0.988. The van der Waals surface area contributed by atoms with Gasteiger partial charge in [-0.25, -0.2) is 14.5 Å². The number of halogens is 1. The van der Waals surface area contributed by atoms with Crippen LogP contribution in [0.1, 0.15) is 31.0 Å². The smallest absolute Gasteiger partial charge is 0.303 e. The number of aromatic amines is 1. The van der Waals surface area contributed by atoms with Crippen molar-refractivity contribution in [3.63, 3.8) is 0 Å². The van der Waals surface area contributed by atoms with Gasteiger partial charge < -0.3 is 9.84 Å². The highest BCUT2D eigenvalue weighted by Crippen LogP contribution is 2.23. The van der Waals surface area contributed by atoms with Gasteiger partial charge in [-0.05, 0) is 36.8 Å². The van der Waals surface area contributed by atoms with E-state index in [2.05, 4.69) is 15.2 Å². The summed E-state index contributed by atoms with van der Waals surface area (Å²) in [7, 11) is 0. The Bertz CT molecular complexity index is 1120. The molecule has 8 heteroatoms. The van der Waals surface area contributed by atoms with Gasteiger partial charge in [-0.2, -0.15) is 5.10 Å². The predicted molar refractivity (Wildman–Crippen MR) is 107 cm³/mol. The van der Waals surface area contributed by atoms with Crippen molar-refractivity contribution in [1.82, 2.24) is 10.2 Å². The molecule has 0 radical (unpaired) electrons. The van der Waals surface area contributed by atoms with E-state index in [1.165, 1.54) is 12.1 Å². The van der Waals surface area contributed by atoms with E-state index in [1.807, 2.05) is 0 Å². The van der Waals surface area contributed by atoms with E-state index in [9.17, 15) is 14.0 Å². The number of aromatic nitrogens is 2. The molecule has 0 aliphatic heterocycles. The summed E-state index contributed by atoms with van der Waals surface area (Å²) in [6, 6.07) is 11.2. The molecule has 0 aliphatic carbocycles. The molecule has 0 bridgehead atoms. The fourth-order valence-electron chi connectivity index (χ4n) is 2.94. The first kappa shape index (κ1) is 20.2. The van der Waals surface area contributed by atoms with E-state index in [1.54, 1.807) is 37.3 Å². The van der Waals surface area contributed by atoms with Crippen LogP contribution in [0.3, 0.4) is 0 Å². The van der Waals surface area contributed by atoms with Crippen molar-refractivity contribution in [3.8, 4) is 0 Å².